The van der Waals surface area contributed by atoms with Gasteiger partial charge in [-0.15, -0.1) is 0 Å². The normalized spacial score (nSPS) is 10.1. The number of pyridine rings is 1. The Balaban J connectivity index is 1.94. The molecule has 22 heavy (non-hydrogen) atoms. The van der Waals surface area contributed by atoms with Crippen molar-refractivity contribution in [2.75, 3.05) is 11.9 Å². The minimum Gasteiger partial charge on any atom is -0.343 e. The number of nitrogens with one attached hydrogen (secondary N) is 2. The number of halogens is 1. The number of aryl methyl sites for hydroxylation is 2. The van der Waals surface area contributed by atoms with Crippen molar-refractivity contribution in [3.05, 3.63) is 58.4 Å². The van der Waals surface area contributed by atoms with E-state index in [0.29, 0.717) is 5.56 Å². The topological polar surface area (TPSA) is 71.1 Å². The van der Waals surface area contributed by atoms with Gasteiger partial charge in [-0.05, 0) is 37.1 Å². The van der Waals surface area contributed by atoms with Crippen LogP contribution in [-0.2, 0) is 4.79 Å². The smallest absolute Gasteiger partial charge is 0.251 e. The van der Waals surface area contributed by atoms with E-state index in [4.69, 9.17) is 11.6 Å². The first kappa shape index (κ1) is 16.0. The van der Waals surface area contributed by atoms with Gasteiger partial charge in [0.1, 0.15) is 5.15 Å². The van der Waals surface area contributed by atoms with Crippen molar-refractivity contribution >= 4 is 29.1 Å². The van der Waals surface area contributed by atoms with Gasteiger partial charge in [-0.1, -0.05) is 29.8 Å². The van der Waals surface area contributed by atoms with Crippen LogP contribution in [0.4, 0.5) is 5.69 Å². The molecule has 1 aromatic carbocycles. The molecule has 0 unspecified atom stereocenters. The van der Waals surface area contributed by atoms with E-state index in [0.717, 1.165) is 16.8 Å². The van der Waals surface area contributed by atoms with Crippen molar-refractivity contribution in [1.82, 2.24) is 10.3 Å². The summed E-state index contributed by atoms with van der Waals surface area (Å²) in [4.78, 5) is 27.7. The van der Waals surface area contributed by atoms with Crippen LogP contribution in [-0.4, -0.2) is 23.3 Å². The first-order valence-electron chi connectivity index (χ1n) is 6.73. The molecule has 5 nitrogen and oxygen atoms in total. The zero-order chi connectivity index (χ0) is 16.1. The van der Waals surface area contributed by atoms with E-state index < -0.39 is 0 Å². The van der Waals surface area contributed by atoms with Crippen LogP contribution in [0.2, 0.25) is 5.15 Å². The second kappa shape index (κ2) is 7.04. The maximum Gasteiger partial charge on any atom is 0.251 e. The van der Waals surface area contributed by atoms with Gasteiger partial charge in [-0.2, -0.15) is 0 Å². The Hall–Kier alpha value is -2.40. The molecule has 6 heteroatoms. The summed E-state index contributed by atoms with van der Waals surface area (Å²) in [5.74, 6) is -0.660. The largest absolute Gasteiger partial charge is 0.343 e. The Morgan fingerprint density at radius 2 is 1.86 bits per heavy atom. The Kier molecular flexibility index (Phi) is 5.12. The molecule has 2 amide bonds. The molecular formula is C16H16ClN3O2. The molecule has 0 bridgehead atoms. The molecule has 0 saturated carbocycles. The third-order valence-electron chi connectivity index (χ3n) is 3.14. The quantitative estimate of drug-likeness (QED) is 0.852. The van der Waals surface area contributed by atoms with Crippen molar-refractivity contribution in [3.8, 4) is 0 Å². The summed E-state index contributed by atoms with van der Waals surface area (Å²) < 4.78 is 0. The number of carbonyl (C=O) groups excluding carboxylic acids is 2. The summed E-state index contributed by atoms with van der Waals surface area (Å²) in [6.45, 7) is 3.72. The summed E-state index contributed by atoms with van der Waals surface area (Å²) in [5.41, 5.74) is 3.08. The molecule has 0 aliphatic carbocycles. The molecule has 2 rings (SSSR count). The first-order chi connectivity index (χ1) is 10.5. The fraction of sp³-hybridized carbons (Fsp3) is 0.188. The molecule has 0 aliphatic rings. The molecule has 0 atom stereocenters. The van der Waals surface area contributed by atoms with Crippen LogP contribution in [0.25, 0.3) is 0 Å². The number of hydrogen-bond donors (Lipinski definition) is 2. The molecule has 0 spiro atoms. The lowest BCUT2D eigenvalue weighted by atomic mass is 10.1. The fourth-order valence-electron chi connectivity index (χ4n) is 2.00. The molecule has 0 saturated heterocycles. The van der Waals surface area contributed by atoms with Gasteiger partial charge in [0.25, 0.3) is 5.91 Å². The molecule has 1 heterocycles. The van der Waals surface area contributed by atoms with E-state index in [9.17, 15) is 9.59 Å². The number of rotatable bonds is 4. The number of carbonyl (C=O) groups is 2. The van der Waals surface area contributed by atoms with Gasteiger partial charge in [0.2, 0.25) is 5.91 Å². The van der Waals surface area contributed by atoms with Crippen molar-refractivity contribution in [2.45, 2.75) is 13.8 Å². The standard InChI is InChI=1S/C16H16ClN3O2/c1-10-4-3-5-11(2)15(10)20-14(21)9-19-16(22)12-6-7-18-13(17)8-12/h3-8H,9H2,1-2H3,(H,19,22)(H,20,21). The average molecular weight is 318 g/mol. The van der Waals surface area contributed by atoms with E-state index in [1.54, 1.807) is 0 Å². The van der Waals surface area contributed by atoms with E-state index in [1.165, 1.54) is 18.3 Å². The number of anilines is 1. The number of hydrogen-bond acceptors (Lipinski definition) is 3. The van der Waals surface area contributed by atoms with Gasteiger partial charge >= 0.3 is 0 Å². The summed E-state index contributed by atoms with van der Waals surface area (Å²) in [6.07, 6.45) is 1.44. The highest BCUT2D eigenvalue weighted by molar-refractivity contribution is 6.29. The predicted molar refractivity (Wildman–Crippen MR) is 86.1 cm³/mol. The highest BCUT2D eigenvalue weighted by Gasteiger charge is 2.10. The third kappa shape index (κ3) is 4.05. The Labute approximate surface area is 133 Å². The second-order valence-electron chi connectivity index (χ2n) is 4.86. The van der Waals surface area contributed by atoms with Crippen molar-refractivity contribution in [2.24, 2.45) is 0 Å². The molecule has 2 aromatic rings. The predicted octanol–water partition coefficient (Wildman–Crippen LogP) is 2.72. The monoisotopic (exact) mass is 317 g/mol. The zero-order valence-electron chi connectivity index (χ0n) is 12.3. The molecular weight excluding hydrogens is 302 g/mol. The van der Waals surface area contributed by atoms with Crippen LogP contribution in [0.3, 0.4) is 0 Å². The first-order valence-corrected chi connectivity index (χ1v) is 7.11. The Morgan fingerprint density at radius 1 is 1.18 bits per heavy atom. The van der Waals surface area contributed by atoms with Gasteiger partial charge < -0.3 is 10.6 Å². The second-order valence-corrected chi connectivity index (χ2v) is 5.25. The molecule has 0 aliphatic heterocycles. The van der Waals surface area contributed by atoms with E-state index in [1.807, 2.05) is 32.0 Å². The van der Waals surface area contributed by atoms with Gasteiger partial charge in [0, 0.05) is 17.4 Å². The summed E-state index contributed by atoms with van der Waals surface area (Å²) in [6, 6.07) is 8.74. The fourth-order valence-corrected chi connectivity index (χ4v) is 2.18. The molecule has 2 N–H and O–H groups in total. The van der Waals surface area contributed by atoms with Crippen molar-refractivity contribution in [3.63, 3.8) is 0 Å². The van der Waals surface area contributed by atoms with Gasteiger partial charge in [0.15, 0.2) is 0 Å². The molecule has 0 radical (unpaired) electrons. The summed E-state index contributed by atoms with van der Waals surface area (Å²) >= 11 is 5.72. The molecule has 114 valence electrons. The van der Waals surface area contributed by atoms with Crippen LogP contribution < -0.4 is 10.6 Å². The molecule has 1 aromatic heterocycles. The number of nitrogens with zero attached hydrogens (tertiary/aromatic N) is 1. The minimum absolute atomic E-state index is 0.119. The lowest BCUT2D eigenvalue weighted by Crippen LogP contribution is -2.33. The Morgan fingerprint density at radius 3 is 2.50 bits per heavy atom. The van der Waals surface area contributed by atoms with Crippen LogP contribution >= 0.6 is 11.6 Å². The maximum absolute atomic E-state index is 12.0. The van der Waals surface area contributed by atoms with Crippen LogP contribution in [0.5, 0.6) is 0 Å². The SMILES string of the molecule is Cc1cccc(C)c1NC(=O)CNC(=O)c1ccnc(Cl)c1. The summed E-state index contributed by atoms with van der Waals surface area (Å²) in [7, 11) is 0. The zero-order valence-corrected chi connectivity index (χ0v) is 13.1. The van der Waals surface area contributed by atoms with Gasteiger partial charge in [-0.25, -0.2) is 4.98 Å². The van der Waals surface area contributed by atoms with E-state index >= 15 is 0 Å². The lowest BCUT2D eigenvalue weighted by molar-refractivity contribution is -0.115. The van der Waals surface area contributed by atoms with Crippen LogP contribution in [0.15, 0.2) is 36.5 Å². The van der Waals surface area contributed by atoms with Crippen molar-refractivity contribution < 1.29 is 9.59 Å². The maximum atomic E-state index is 12.0. The summed E-state index contributed by atoms with van der Waals surface area (Å²) in [5, 5.41) is 5.58. The number of para-hydroxylation sites is 1. The third-order valence-corrected chi connectivity index (χ3v) is 3.35. The highest BCUT2D eigenvalue weighted by atomic mass is 35.5. The number of aromatic nitrogens is 1. The van der Waals surface area contributed by atoms with Crippen molar-refractivity contribution in [1.29, 1.82) is 0 Å². The minimum atomic E-state index is -0.374. The van der Waals surface area contributed by atoms with Crippen LogP contribution in [0.1, 0.15) is 21.5 Å². The Bertz CT molecular complexity index is 696. The lowest BCUT2D eigenvalue weighted by Gasteiger charge is -2.12. The van der Waals surface area contributed by atoms with Gasteiger partial charge in [-0.3, -0.25) is 9.59 Å². The highest BCUT2D eigenvalue weighted by Crippen LogP contribution is 2.19. The average Bonchev–Trinajstić information content (AvgIpc) is 2.48. The van der Waals surface area contributed by atoms with E-state index in [2.05, 4.69) is 15.6 Å². The number of amides is 2. The number of benzene rings is 1. The van der Waals surface area contributed by atoms with E-state index in [-0.39, 0.29) is 23.5 Å². The molecule has 0 fully saturated rings. The van der Waals surface area contributed by atoms with Crippen LogP contribution in [0, 0.1) is 13.8 Å². The van der Waals surface area contributed by atoms with Gasteiger partial charge in [0.05, 0.1) is 6.54 Å².